The number of alkyl halides is 6. The first-order chi connectivity index (χ1) is 21.1. The van der Waals surface area contributed by atoms with Gasteiger partial charge in [0.1, 0.15) is 18.7 Å². The highest BCUT2D eigenvalue weighted by Crippen LogP contribution is 2.37. The van der Waals surface area contributed by atoms with E-state index in [1.54, 1.807) is 24.5 Å². The Balaban J connectivity index is 0.000000966. The Morgan fingerprint density at radius 3 is 2.07 bits per heavy atom. The van der Waals surface area contributed by atoms with Gasteiger partial charge in [-0.3, -0.25) is 9.79 Å². The van der Waals surface area contributed by atoms with Crippen LogP contribution in [0.4, 0.5) is 32.0 Å². The van der Waals surface area contributed by atoms with Crippen molar-refractivity contribution >= 4 is 31.1 Å². The summed E-state index contributed by atoms with van der Waals surface area (Å²) < 4.78 is 79.3. The summed E-state index contributed by atoms with van der Waals surface area (Å²) in [5.41, 5.74) is -2.80. The molecule has 0 aliphatic carbocycles. The fourth-order valence-corrected chi connectivity index (χ4v) is 2.83. The van der Waals surface area contributed by atoms with E-state index >= 15 is 0 Å². The van der Waals surface area contributed by atoms with Crippen molar-refractivity contribution < 1.29 is 35.9 Å². The highest BCUT2D eigenvalue weighted by Gasteiger charge is 2.36. The van der Waals surface area contributed by atoms with Crippen molar-refractivity contribution in [3.05, 3.63) is 64.6 Å². The molecule has 0 aliphatic rings. The zero-order valence-electron chi connectivity index (χ0n) is 25.4. The molecule has 45 heavy (non-hydrogen) atoms. The van der Waals surface area contributed by atoms with Crippen molar-refractivity contribution in [3.8, 4) is 12.1 Å². The van der Waals surface area contributed by atoms with Gasteiger partial charge in [-0.25, -0.2) is 9.98 Å². The van der Waals surface area contributed by atoms with Gasteiger partial charge in [-0.05, 0) is 57.1 Å². The predicted molar refractivity (Wildman–Crippen MR) is 160 cm³/mol. The van der Waals surface area contributed by atoms with E-state index in [1.807, 2.05) is 44.1 Å². The topological polar surface area (TPSA) is 129 Å². The molecule has 0 saturated carbocycles. The second-order valence-electron chi connectivity index (χ2n) is 8.88. The third-order valence-electron chi connectivity index (χ3n) is 5.49. The Morgan fingerprint density at radius 2 is 1.62 bits per heavy atom. The van der Waals surface area contributed by atoms with Gasteiger partial charge in [-0.2, -0.15) is 36.9 Å². The van der Waals surface area contributed by atoms with Crippen molar-refractivity contribution in [3.63, 3.8) is 0 Å². The quantitative estimate of drug-likeness (QED) is 0.0699. The van der Waals surface area contributed by atoms with E-state index in [0.29, 0.717) is 12.1 Å². The summed E-state index contributed by atoms with van der Waals surface area (Å²) in [6.45, 7) is 11.8. The number of benzene rings is 1. The van der Waals surface area contributed by atoms with Gasteiger partial charge in [0.25, 0.3) is 0 Å². The molecule has 0 aromatic heterocycles. The van der Waals surface area contributed by atoms with Gasteiger partial charge in [0, 0.05) is 38.9 Å². The zero-order chi connectivity index (χ0) is 34.6. The van der Waals surface area contributed by atoms with Crippen LogP contribution in [-0.2, 0) is 21.9 Å². The van der Waals surface area contributed by atoms with Crippen LogP contribution >= 0.6 is 0 Å². The number of allylic oxidation sites excluding steroid dienone is 3. The highest BCUT2D eigenvalue weighted by atomic mass is 19.4. The molecule has 0 unspecified atom stereocenters. The largest absolute Gasteiger partial charge is 0.476 e. The minimum Gasteiger partial charge on any atom is -0.476 e. The minimum absolute atomic E-state index is 0.00432. The molecule has 10 nitrogen and oxygen atoms in total. The molecule has 1 aromatic carbocycles. The van der Waals surface area contributed by atoms with Crippen LogP contribution in [0.25, 0.3) is 0 Å². The molecule has 0 aliphatic heterocycles. The first kappa shape index (κ1) is 40.0. The average Bonchev–Trinajstić information content (AvgIpc) is 2.99. The number of ether oxygens (including phenoxy) is 1. The van der Waals surface area contributed by atoms with E-state index in [2.05, 4.69) is 33.5 Å². The number of nitrogens with zero attached hydrogens (tertiary/aromatic N) is 7. The molecule has 1 amide bonds. The van der Waals surface area contributed by atoms with Crippen molar-refractivity contribution in [1.82, 2.24) is 9.80 Å². The van der Waals surface area contributed by atoms with Gasteiger partial charge in [-0.1, -0.05) is 13.0 Å². The van der Waals surface area contributed by atoms with Crippen LogP contribution in [0, 0.1) is 22.7 Å². The summed E-state index contributed by atoms with van der Waals surface area (Å²) in [5, 5.41) is 20.4. The lowest BCUT2D eigenvalue weighted by atomic mass is 10.1. The fourth-order valence-electron chi connectivity index (χ4n) is 2.83. The second-order valence-corrected chi connectivity index (χ2v) is 8.88. The van der Waals surface area contributed by atoms with E-state index in [-0.39, 0.29) is 36.4 Å². The van der Waals surface area contributed by atoms with Crippen LogP contribution in [0.2, 0.25) is 0 Å². The maximum atomic E-state index is 12.3. The second kappa shape index (κ2) is 20.1. The van der Waals surface area contributed by atoms with Crippen LogP contribution < -0.4 is 5.32 Å². The van der Waals surface area contributed by atoms with Crippen molar-refractivity contribution in [2.45, 2.75) is 33.1 Å². The molecule has 1 rings (SSSR count). The lowest BCUT2D eigenvalue weighted by molar-refractivity contribution is -0.143. The maximum Gasteiger partial charge on any atom is 0.416 e. The maximum absolute atomic E-state index is 12.3. The van der Waals surface area contributed by atoms with Gasteiger partial charge in [0.2, 0.25) is 6.41 Å². The Labute approximate surface area is 258 Å². The Kier molecular flexibility index (Phi) is 17.9. The lowest BCUT2D eigenvalue weighted by Crippen LogP contribution is -2.29. The monoisotopic (exact) mass is 640 g/mol. The van der Waals surface area contributed by atoms with E-state index in [1.165, 1.54) is 6.34 Å². The molecule has 1 aromatic rings. The van der Waals surface area contributed by atoms with Crippen LogP contribution in [0.15, 0.2) is 68.5 Å². The minimum atomic E-state index is -4.92. The summed E-state index contributed by atoms with van der Waals surface area (Å²) in [5.74, 6) is 0.261. The van der Waals surface area contributed by atoms with Crippen LogP contribution in [0.3, 0.4) is 0 Å². The molecular formula is C29H34F6N8O2. The standard InChI is InChI=1S/C20H29N7O.C9H5F6NO/c1-7-18(9-10-23-4)15-28-17(3)25-20(14-22)19(13-21)24-16-27(6)12-11-26(5)8-2;10-8(11,12)5-1-6(9(13,14)15)3-7(2-5)16-4-17/h7,9-10,16H,4,8,11-12,15H2,1-3,5-6H3;1-4H,(H,16,17)/b10-9-,18-7+,20-19-,24-16?,25-17?;. The molecule has 244 valence electrons. The molecule has 0 atom stereocenters. The number of carbonyl (C=O) groups is 1. The highest BCUT2D eigenvalue weighted by molar-refractivity contribution is 5.75. The van der Waals surface area contributed by atoms with E-state index in [9.17, 15) is 41.7 Å². The number of nitriles is 2. The van der Waals surface area contributed by atoms with Crippen LogP contribution in [-0.4, -0.2) is 75.5 Å². The van der Waals surface area contributed by atoms with E-state index in [4.69, 9.17) is 4.74 Å². The summed E-state index contributed by atoms with van der Waals surface area (Å²) in [4.78, 5) is 25.9. The zero-order valence-corrected chi connectivity index (χ0v) is 25.4. The molecule has 1 N–H and O–H groups in total. The lowest BCUT2D eigenvalue weighted by Gasteiger charge is -2.18. The number of hydrogen-bond donors (Lipinski definition) is 1. The number of likely N-dealkylation sites (N-methyl/N-ethyl adjacent to an activating group) is 2. The fraction of sp³-hybridized carbons (Fsp3) is 0.379. The first-order valence-electron chi connectivity index (χ1n) is 13.0. The molecule has 0 saturated heterocycles. The molecule has 0 spiro atoms. The molecule has 16 heteroatoms. The summed E-state index contributed by atoms with van der Waals surface area (Å²) in [6.07, 6.45) is -3.12. The number of aliphatic imine (C=N–C) groups is 3. The summed E-state index contributed by atoms with van der Waals surface area (Å²) >= 11 is 0. The number of nitrogens with one attached hydrogen (secondary N) is 1. The van der Waals surface area contributed by atoms with E-state index in [0.717, 1.165) is 25.2 Å². The Morgan fingerprint density at radius 1 is 1.04 bits per heavy atom. The number of halogens is 6. The Hall–Kier alpha value is -4.96. The number of hydrogen-bond acceptors (Lipinski definition) is 8. The molecule has 0 heterocycles. The third kappa shape index (κ3) is 16.5. The van der Waals surface area contributed by atoms with Crippen molar-refractivity contribution in [1.29, 1.82) is 10.5 Å². The molecular weight excluding hydrogens is 606 g/mol. The predicted octanol–water partition coefficient (Wildman–Crippen LogP) is 6.05. The van der Waals surface area contributed by atoms with Gasteiger partial charge in [0.05, 0.1) is 17.5 Å². The summed E-state index contributed by atoms with van der Waals surface area (Å²) in [6, 6.07) is 4.63. The van der Waals surface area contributed by atoms with Crippen LogP contribution in [0.5, 0.6) is 0 Å². The van der Waals surface area contributed by atoms with Gasteiger partial charge in [0.15, 0.2) is 17.3 Å². The normalized spacial score (nSPS) is 13.0. The average molecular weight is 641 g/mol. The van der Waals surface area contributed by atoms with Gasteiger partial charge >= 0.3 is 12.4 Å². The van der Waals surface area contributed by atoms with E-state index < -0.39 is 29.2 Å². The SMILES string of the molecule is C=N/C=C\C(=C/C)COC(C)=N/C(C#N)=C(/C#N)N=CN(C)CCN(C)CC.O=CNc1cc(C(F)(F)F)cc(C(F)(F)F)c1. The number of carbonyl (C=O) groups excluding carboxylic acids is 1. The third-order valence-corrected chi connectivity index (χ3v) is 5.49. The molecule has 0 bridgehead atoms. The van der Waals surface area contributed by atoms with Crippen LogP contribution in [0.1, 0.15) is 31.9 Å². The Bertz CT molecular complexity index is 1330. The first-order valence-corrected chi connectivity index (χ1v) is 13.0. The van der Waals surface area contributed by atoms with Crippen molar-refractivity contribution in [2.24, 2.45) is 15.0 Å². The van der Waals surface area contributed by atoms with Crippen molar-refractivity contribution in [2.75, 3.05) is 45.7 Å². The number of amides is 1. The van der Waals surface area contributed by atoms with Gasteiger partial charge in [-0.15, -0.1) is 0 Å². The smallest absolute Gasteiger partial charge is 0.416 e. The van der Waals surface area contributed by atoms with Gasteiger partial charge < -0.3 is 19.9 Å². The number of anilines is 1. The number of rotatable bonds is 13. The molecule has 0 fully saturated rings. The molecule has 0 radical (unpaired) electrons. The summed E-state index contributed by atoms with van der Waals surface area (Å²) in [7, 11) is 3.88.